The normalized spacial score (nSPS) is 15.8. The van der Waals surface area contributed by atoms with Crippen molar-refractivity contribution in [2.45, 2.75) is 6.92 Å². The molecule has 0 radical (unpaired) electrons. The molecular weight excluding hydrogens is 543 g/mol. The Morgan fingerprint density at radius 2 is 2.12 bits per heavy atom. The van der Waals surface area contributed by atoms with Crippen molar-refractivity contribution in [1.82, 2.24) is 4.90 Å². The van der Waals surface area contributed by atoms with E-state index in [1.165, 1.54) is 28.8 Å². The van der Waals surface area contributed by atoms with Crippen LogP contribution in [0.5, 0.6) is 11.5 Å². The molecule has 0 bridgehead atoms. The maximum atomic E-state index is 12.8. The van der Waals surface area contributed by atoms with E-state index in [0.29, 0.717) is 33.9 Å². The third-order valence-electron chi connectivity index (χ3n) is 4.25. The van der Waals surface area contributed by atoms with Crippen LogP contribution in [0, 0.1) is 15.9 Å². The second-order valence-corrected chi connectivity index (χ2v) is 8.65. The first-order valence-corrected chi connectivity index (χ1v) is 11.4. The smallest absolute Gasteiger partial charge is 0.335 e. The van der Waals surface area contributed by atoms with E-state index >= 15 is 0 Å². The van der Waals surface area contributed by atoms with Crippen LogP contribution < -0.4 is 9.47 Å². The Balaban J connectivity index is 1.92. The first kappa shape index (κ1) is 23.7. The van der Waals surface area contributed by atoms with Gasteiger partial charge >= 0.3 is 5.97 Å². The number of hydrogen-bond donors (Lipinski definition) is 1. The number of halogens is 1. The Kier molecular flexibility index (Phi) is 7.82. The number of aliphatic imine (C=N–C) groups is 1. The summed E-state index contributed by atoms with van der Waals surface area (Å²) < 4.78 is 12.1. The van der Waals surface area contributed by atoms with E-state index in [2.05, 4.69) is 33.5 Å². The number of carboxylic acid groups (broad SMARTS) is 1. The van der Waals surface area contributed by atoms with E-state index in [1.54, 1.807) is 31.3 Å². The molecule has 0 unspecified atom stereocenters. The van der Waals surface area contributed by atoms with Gasteiger partial charge < -0.3 is 14.6 Å². The third-order valence-corrected chi connectivity index (χ3v) is 6.11. The van der Waals surface area contributed by atoms with Gasteiger partial charge in [0.15, 0.2) is 16.7 Å². The zero-order valence-corrected chi connectivity index (χ0v) is 20.3. The highest BCUT2D eigenvalue weighted by atomic mass is 127. The van der Waals surface area contributed by atoms with Crippen molar-refractivity contribution in [3.63, 3.8) is 0 Å². The van der Waals surface area contributed by atoms with Crippen LogP contribution in [0.25, 0.3) is 6.08 Å². The summed E-state index contributed by atoms with van der Waals surface area (Å²) in [7, 11) is 1.63. The molecule has 164 valence electrons. The number of terminal acetylenes is 1. The van der Waals surface area contributed by atoms with Gasteiger partial charge in [-0.1, -0.05) is 12.0 Å². The lowest BCUT2D eigenvalue weighted by Gasteiger charge is -2.13. The van der Waals surface area contributed by atoms with E-state index in [1.807, 2.05) is 13.0 Å². The highest BCUT2D eigenvalue weighted by Gasteiger charge is 2.30. The summed E-state index contributed by atoms with van der Waals surface area (Å²) in [6, 6.07) is 9.92. The van der Waals surface area contributed by atoms with Crippen molar-refractivity contribution < 1.29 is 24.2 Å². The van der Waals surface area contributed by atoms with Crippen molar-refractivity contribution >= 4 is 63.2 Å². The summed E-state index contributed by atoms with van der Waals surface area (Å²) >= 11 is 3.35. The SMILES string of the molecule is C#CCOc1c(I)cc(/C=C2\SC(=Nc3cccc(C(=O)O)c3)N(C)C2=O)cc1OCC. The van der Waals surface area contributed by atoms with Crippen LogP contribution in [0.1, 0.15) is 22.8 Å². The standard InChI is InChI=1S/C23H19IN2O5S/c1-4-9-31-20-17(24)10-14(11-18(20)30-5-2)12-19-21(27)26(3)23(32-19)25-16-8-6-7-15(13-16)22(28)29/h1,6-8,10-13H,5,9H2,2-3H3,(H,28,29)/b19-12-,25-23?. The van der Waals surface area contributed by atoms with Crippen LogP contribution >= 0.6 is 34.4 Å². The number of carboxylic acids is 1. The molecule has 1 saturated heterocycles. The number of carbonyl (C=O) groups is 2. The van der Waals surface area contributed by atoms with E-state index < -0.39 is 5.97 Å². The molecular formula is C23H19IN2O5S. The number of aromatic carboxylic acids is 1. The molecule has 0 aromatic heterocycles. The van der Waals surface area contributed by atoms with E-state index in [4.69, 9.17) is 21.0 Å². The molecule has 3 rings (SSSR count). The molecule has 1 aliphatic heterocycles. The van der Waals surface area contributed by atoms with Gasteiger partial charge in [-0.05, 0) is 83.2 Å². The average molecular weight is 562 g/mol. The second kappa shape index (κ2) is 10.6. The molecule has 2 aromatic carbocycles. The average Bonchev–Trinajstić information content (AvgIpc) is 3.01. The minimum absolute atomic E-state index is 0.124. The largest absolute Gasteiger partial charge is 0.490 e. The Labute approximate surface area is 203 Å². The van der Waals surface area contributed by atoms with Crippen LogP contribution in [0.4, 0.5) is 5.69 Å². The first-order chi connectivity index (χ1) is 15.3. The molecule has 1 N–H and O–H groups in total. The second-order valence-electron chi connectivity index (χ2n) is 6.48. The third kappa shape index (κ3) is 5.44. The Morgan fingerprint density at radius 1 is 1.34 bits per heavy atom. The number of nitrogens with zero attached hydrogens (tertiary/aromatic N) is 2. The number of thioether (sulfide) groups is 1. The van der Waals surface area contributed by atoms with Crippen molar-refractivity contribution in [2.75, 3.05) is 20.3 Å². The van der Waals surface area contributed by atoms with Gasteiger partial charge in [0.1, 0.15) is 6.61 Å². The monoisotopic (exact) mass is 562 g/mol. The number of amidine groups is 1. The molecule has 1 fully saturated rings. The van der Waals surface area contributed by atoms with Gasteiger partial charge in [-0.3, -0.25) is 9.69 Å². The highest BCUT2D eigenvalue weighted by Crippen LogP contribution is 2.37. The topological polar surface area (TPSA) is 88.4 Å². The number of likely N-dealkylation sites (N-methyl/N-ethyl adjacent to an activating group) is 1. The number of hydrogen-bond acceptors (Lipinski definition) is 6. The van der Waals surface area contributed by atoms with Crippen LogP contribution in [-0.4, -0.2) is 47.3 Å². The fraction of sp³-hybridized carbons (Fsp3) is 0.174. The van der Waals surface area contributed by atoms with Crippen LogP contribution in [0.15, 0.2) is 46.3 Å². The molecule has 1 amide bonds. The number of benzene rings is 2. The minimum atomic E-state index is -1.04. The number of carbonyl (C=O) groups excluding carboxylic acids is 1. The van der Waals surface area contributed by atoms with Gasteiger partial charge in [0, 0.05) is 7.05 Å². The summed E-state index contributed by atoms with van der Waals surface area (Å²) in [5, 5.41) is 9.62. The Morgan fingerprint density at radius 3 is 2.81 bits per heavy atom. The Bertz CT molecular complexity index is 1170. The molecule has 0 aliphatic carbocycles. The fourth-order valence-corrected chi connectivity index (χ4v) is 4.58. The molecule has 9 heteroatoms. The predicted molar refractivity (Wildman–Crippen MR) is 133 cm³/mol. The van der Waals surface area contributed by atoms with Gasteiger partial charge in [-0.2, -0.15) is 0 Å². The van der Waals surface area contributed by atoms with Crippen LogP contribution in [-0.2, 0) is 4.79 Å². The molecule has 0 spiro atoms. The zero-order chi connectivity index (χ0) is 23.3. The highest BCUT2D eigenvalue weighted by molar-refractivity contribution is 14.1. The van der Waals surface area contributed by atoms with E-state index in [9.17, 15) is 9.59 Å². The van der Waals surface area contributed by atoms with Crippen molar-refractivity contribution in [3.8, 4) is 23.8 Å². The van der Waals surface area contributed by atoms with Gasteiger partial charge in [-0.25, -0.2) is 9.79 Å². The van der Waals surface area contributed by atoms with Gasteiger partial charge in [0.05, 0.1) is 26.3 Å². The molecule has 7 nitrogen and oxygen atoms in total. The Hall–Kier alpha value is -2.97. The first-order valence-electron chi connectivity index (χ1n) is 9.46. The maximum absolute atomic E-state index is 12.8. The fourth-order valence-electron chi connectivity index (χ4n) is 2.81. The zero-order valence-electron chi connectivity index (χ0n) is 17.3. The minimum Gasteiger partial charge on any atom is -0.490 e. The summed E-state index contributed by atoms with van der Waals surface area (Å²) in [5.41, 5.74) is 1.35. The number of rotatable bonds is 7. The lowest BCUT2D eigenvalue weighted by molar-refractivity contribution is -0.121. The quantitative estimate of drug-likeness (QED) is 0.301. The molecule has 32 heavy (non-hydrogen) atoms. The number of amides is 1. The number of ether oxygens (including phenoxy) is 2. The molecule has 1 aliphatic rings. The van der Waals surface area contributed by atoms with Gasteiger partial charge in [0.2, 0.25) is 0 Å². The summed E-state index contributed by atoms with van der Waals surface area (Å²) in [6.07, 6.45) is 7.06. The van der Waals surface area contributed by atoms with Gasteiger partial charge in [-0.15, -0.1) is 6.42 Å². The molecule has 2 aromatic rings. The lowest BCUT2D eigenvalue weighted by atomic mass is 10.2. The molecule has 1 heterocycles. The van der Waals surface area contributed by atoms with Crippen LogP contribution in [0.3, 0.4) is 0 Å². The molecule has 0 atom stereocenters. The van der Waals surface area contributed by atoms with Crippen LogP contribution in [0.2, 0.25) is 0 Å². The predicted octanol–water partition coefficient (Wildman–Crippen LogP) is 4.63. The van der Waals surface area contributed by atoms with Gasteiger partial charge in [0.25, 0.3) is 5.91 Å². The van der Waals surface area contributed by atoms with Crippen molar-refractivity contribution in [3.05, 3.63) is 56.0 Å². The van der Waals surface area contributed by atoms with E-state index in [0.717, 1.165) is 9.13 Å². The molecule has 0 saturated carbocycles. The van der Waals surface area contributed by atoms with E-state index in [-0.39, 0.29) is 18.1 Å². The summed E-state index contributed by atoms with van der Waals surface area (Å²) in [6.45, 7) is 2.44. The van der Waals surface area contributed by atoms with Crippen molar-refractivity contribution in [2.24, 2.45) is 4.99 Å². The van der Waals surface area contributed by atoms with Crippen molar-refractivity contribution in [1.29, 1.82) is 0 Å². The lowest BCUT2D eigenvalue weighted by Crippen LogP contribution is -2.23. The summed E-state index contributed by atoms with van der Waals surface area (Å²) in [5.74, 6) is 2.31. The summed E-state index contributed by atoms with van der Waals surface area (Å²) in [4.78, 5) is 30.3. The maximum Gasteiger partial charge on any atom is 0.335 e.